The van der Waals surface area contributed by atoms with Crippen LogP contribution in [-0.2, 0) is 26.1 Å². The van der Waals surface area contributed by atoms with Crippen LogP contribution in [0.25, 0.3) is 0 Å². The van der Waals surface area contributed by atoms with Gasteiger partial charge in [0.1, 0.15) is 17.3 Å². The van der Waals surface area contributed by atoms with Crippen molar-refractivity contribution in [3.8, 4) is 0 Å². The van der Waals surface area contributed by atoms with Crippen LogP contribution in [0.3, 0.4) is 0 Å². The Balaban J connectivity index is 2.03. The second kappa shape index (κ2) is 7.86. The molecule has 0 radical (unpaired) electrons. The lowest BCUT2D eigenvalue weighted by atomic mass is 10.2. The molecule has 0 unspecified atom stereocenters. The fourth-order valence-corrected chi connectivity index (χ4v) is 5.23. The van der Waals surface area contributed by atoms with Crippen LogP contribution in [0.2, 0.25) is 0 Å². The van der Waals surface area contributed by atoms with E-state index in [1.54, 1.807) is 23.1 Å². The summed E-state index contributed by atoms with van der Waals surface area (Å²) in [5.41, 5.74) is 0.634. The fourth-order valence-electron chi connectivity index (χ4n) is 2.77. The van der Waals surface area contributed by atoms with Gasteiger partial charge in [0.25, 0.3) is 0 Å². The van der Waals surface area contributed by atoms with Crippen LogP contribution in [0.1, 0.15) is 5.56 Å². The average molecular weight is 522 g/mol. The van der Waals surface area contributed by atoms with Crippen LogP contribution in [0.15, 0.2) is 50.2 Å². The zero-order chi connectivity index (χ0) is 19.8. The van der Waals surface area contributed by atoms with Gasteiger partial charge >= 0.3 is 5.97 Å². The maximum atomic E-state index is 14.2. The minimum Gasteiger partial charge on any atom is -0.468 e. The van der Waals surface area contributed by atoms with Gasteiger partial charge in [0.15, 0.2) is 0 Å². The highest BCUT2D eigenvalue weighted by molar-refractivity contribution is 9.10. The van der Waals surface area contributed by atoms with Crippen LogP contribution in [0.4, 0.5) is 10.1 Å². The normalized spacial score (nSPS) is 16.1. The quantitative estimate of drug-likeness (QED) is 0.576. The van der Waals surface area contributed by atoms with Crippen molar-refractivity contribution < 1.29 is 22.3 Å². The summed E-state index contributed by atoms with van der Waals surface area (Å²) in [6, 6.07) is 9.24. The van der Waals surface area contributed by atoms with Gasteiger partial charge in [-0.25, -0.2) is 12.8 Å². The summed E-state index contributed by atoms with van der Waals surface area (Å²) in [7, 11) is -2.61. The number of methoxy groups -OCH3 is 1. The molecule has 0 saturated heterocycles. The number of hydrogen-bond acceptors (Lipinski definition) is 5. The summed E-state index contributed by atoms with van der Waals surface area (Å²) in [4.78, 5) is 13.4. The Morgan fingerprint density at radius 1 is 1.19 bits per heavy atom. The molecule has 1 heterocycles. The van der Waals surface area contributed by atoms with Crippen LogP contribution >= 0.6 is 31.9 Å². The van der Waals surface area contributed by atoms with E-state index < -0.39 is 21.8 Å². The van der Waals surface area contributed by atoms with Crippen LogP contribution in [-0.4, -0.2) is 39.0 Å². The van der Waals surface area contributed by atoms with E-state index in [0.717, 1.165) is 4.31 Å². The van der Waals surface area contributed by atoms with Crippen molar-refractivity contribution in [3.05, 3.63) is 56.7 Å². The summed E-state index contributed by atoms with van der Waals surface area (Å²) in [5, 5.41) is 0. The second-order valence-electron chi connectivity index (χ2n) is 5.88. The fraction of sp³-hybridized carbons (Fsp3) is 0.235. The molecule has 0 N–H and O–H groups in total. The molecule has 27 heavy (non-hydrogen) atoms. The number of benzene rings is 2. The van der Waals surface area contributed by atoms with Gasteiger partial charge in [0, 0.05) is 21.1 Å². The van der Waals surface area contributed by atoms with E-state index in [2.05, 4.69) is 31.9 Å². The van der Waals surface area contributed by atoms with Crippen molar-refractivity contribution in [3.63, 3.8) is 0 Å². The SMILES string of the molecule is COC(=O)CN1CN(Cc2ccc(Br)cc2F)S(=O)(=O)c2cc(Br)ccc21. The minimum atomic E-state index is -3.87. The largest absolute Gasteiger partial charge is 0.468 e. The molecule has 0 spiro atoms. The van der Waals surface area contributed by atoms with Crippen LogP contribution < -0.4 is 4.90 Å². The lowest BCUT2D eigenvalue weighted by molar-refractivity contribution is -0.139. The van der Waals surface area contributed by atoms with Gasteiger partial charge in [-0.3, -0.25) is 4.79 Å². The smallest absolute Gasteiger partial charge is 0.325 e. The number of anilines is 1. The first-order valence-corrected chi connectivity index (χ1v) is 10.8. The standard InChI is InChI=1S/C17H15Br2FN2O4S/c1-26-17(23)9-21-10-22(8-11-2-3-12(18)6-14(11)20)27(24,25)16-7-13(19)4-5-15(16)21/h2-7H,8-10H2,1H3. The molecule has 2 aromatic rings. The maximum absolute atomic E-state index is 14.2. The number of rotatable bonds is 4. The average Bonchev–Trinajstić information content (AvgIpc) is 2.61. The van der Waals surface area contributed by atoms with Crippen molar-refractivity contribution in [1.29, 1.82) is 0 Å². The molecule has 3 rings (SSSR count). The Bertz CT molecular complexity index is 1000. The number of carbonyl (C=O) groups is 1. The lowest BCUT2D eigenvalue weighted by Crippen LogP contribution is -2.48. The first-order valence-electron chi connectivity index (χ1n) is 7.78. The van der Waals surface area contributed by atoms with E-state index >= 15 is 0 Å². The number of sulfonamides is 1. The number of halogens is 3. The Morgan fingerprint density at radius 2 is 1.85 bits per heavy atom. The molecule has 1 aliphatic heterocycles. The summed E-state index contributed by atoms with van der Waals surface area (Å²) < 4.78 is 47.4. The van der Waals surface area contributed by atoms with Crippen molar-refractivity contribution >= 4 is 53.5 Å². The second-order valence-corrected chi connectivity index (χ2v) is 9.62. The van der Waals surface area contributed by atoms with Gasteiger partial charge in [-0.05, 0) is 30.3 Å². The summed E-state index contributed by atoms with van der Waals surface area (Å²) in [6.07, 6.45) is 0. The molecule has 6 nitrogen and oxygen atoms in total. The van der Waals surface area contributed by atoms with Crippen molar-refractivity contribution in [1.82, 2.24) is 4.31 Å². The number of hydrogen-bond donors (Lipinski definition) is 0. The van der Waals surface area contributed by atoms with Gasteiger partial charge in [0.05, 0.1) is 19.5 Å². The summed E-state index contributed by atoms with van der Waals surface area (Å²) >= 11 is 6.46. The van der Waals surface area contributed by atoms with Crippen molar-refractivity contribution in [2.75, 3.05) is 25.2 Å². The topological polar surface area (TPSA) is 66.9 Å². The molecule has 10 heteroatoms. The van der Waals surface area contributed by atoms with E-state index in [4.69, 9.17) is 4.74 Å². The molecule has 144 valence electrons. The van der Waals surface area contributed by atoms with Gasteiger partial charge in [-0.2, -0.15) is 4.31 Å². The molecule has 0 atom stereocenters. The predicted octanol–water partition coefficient (Wildman–Crippen LogP) is 3.49. The number of carbonyl (C=O) groups excluding carboxylic acids is 1. The Labute approximate surface area is 173 Å². The maximum Gasteiger partial charge on any atom is 0.325 e. The van der Waals surface area contributed by atoms with E-state index in [1.807, 2.05) is 0 Å². The number of ether oxygens (including phenoxy) is 1. The Morgan fingerprint density at radius 3 is 2.52 bits per heavy atom. The molecule has 0 aliphatic carbocycles. The summed E-state index contributed by atoms with van der Waals surface area (Å²) in [5.74, 6) is -1.02. The van der Waals surface area contributed by atoms with Crippen LogP contribution in [0.5, 0.6) is 0 Å². The third-order valence-corrected chi connectivity index (χ3v) is 6.91. The zero-order valence-corrected chi connectivity index (χ0v) is 18.1. The number of esters is 1. The molecular weight excluding hydrogens is 507 g/mol. The summed E-state index contributed by atoms with van der Waals surface area (Å²) in [6.45, 7) is -0.382. The van der Waals surface area contributed by atoms with Gasteiger partial charge in [-0.1, -0.05) is 37.9 Å². The van der Waals surface area contributed by atoms with Crippen molar-refractivity contribution in [2.45, 2.75) is 11.4 Å². The zero-order valence-electron chi connectivity index (χ0n) is 14.2. The van der Waals surface area contributed by atoms with E-state index in [9.17, 15) is 17.6 Å². The van der Waals surface area contributed by atoms with Gasteiger partial charge in [-0.15, -0.1) is 0 Å². The molecule has 2 aromatic carbocycles. The predicted molar refractivity (Wildman–Crippen MR) is 105 cm³/mol. The minimum absolute atomic E-state index is 0.0459. The monoisotopic (exact) mass is 520 g/mol. The third kappa shape index (κ3) is 4.18. The van der Waals surface area contributed by atoms with Gasteiger partial charge in [0.2, 0.25) is 10.0 Å². The Kier molecular flexibility index (Phi) is 5.90. The molecular formula is C17H15Br2FN2O4S. The highest BCUT2D eigenvalue weighted by Gasteiger charge is 2.36. The van der Waals surface area contributed by atoms with E-state index in [0.29, 0.717) is 14.6 Å². The first-order chi connectivity index (χ1) is 12.7. The Hall–Kier alpha value is -1.49. The molecule has 0 aromatic heterocycles. The highest BCUT2D eigenvalue weighted by Crippen LogP contribution is 2.36. The lowest BCUT2D eigenvalue weighted by Gasteiger charge is -2.37. The third-order valence-electron chi connectivity index (χ3n) is 4.12. The molecule has 0 amide bonds. The molecule has 0 fully saturated rings. The van der Waals surface area contributed by atoms with E-state index in [-0.39, 0.29) is 30.2 Å². The number of nitrogens with zero attached hydrogens (tertiary/aromatic N) is 2. The molecule has 0 bridgehead atoms. The highest BCUT2D eigenvalue weighted by atomic mass is 79.9. The number of fused-ring (bicyclic) bond motifs is 1. The van der Waals surface area contributed by atoms with Gasteiger partial charge < -0.3 is 9.64 Å². The van der Waals surface area contributed by atoms with Crippen LogP contribution in [0, 0.1) is 5.82 Å². The first kappa shape index (κ1) is 20.2. The molecule has 1 aliphatic rings. The molecule has 0 saturated carbocycles. The van der Waals surface area contributed by atoms with Crippen molar-refractivity contribution in [2.24, 2.45) is 0 Å². The van der Waals surface area contributed by atoms with E-state index in [1.165, 1.54) is 25.3 Å².